The minimum atomic E-state index is -0.492. The summed E-state index contributed by atoms with van der Waals surface area (Å²) in [5.74, 6) is 0. The van der Waals surface area contributed by atoms with Crippen LogP contribution in [0.25, 0.3) is 0 Å². The van der Waals surface area contributed by atoms with Gasteiger partial charge in [0.25, 0.3) is 0 Å². The molecule has 0 N–H and O–H groups in total. The Morgan fingerprint density at radius 3 is 1.54 bits per heavy atom. The van der Waals surface area contributed by atoms with E-state index in [0.29, 0.717) is 6.04 Å². The summed E-state index contributed by atoms with van der Waals surface area (Å²) in [6.07, 6.45) is 2.32. The van der Waals surface area contributed by atoms with Crippen LogP contribution in [0, 0.1) is 0 Å². The average molecular weight is 331 g/mol. The predicted molar refractivity (Wildman–Crippen MR) is 104 cm³/mol. The van der Waals surface area contributed by atoms with Crippen LogP contribution in [0.5, 0.6) is 0 Å². The second kappa shape index (κ2) is 6.89. The van der Waals surface area contributed by atoms with E-state index in [2.05, 4.69) is 96.6 Å². The summed E-state index contributed by atoms with van der Waals surface area (Å²) in [5, 5.41) is 2.86. The van der Waals surface area contributed by atoms with Crippen LogP contribution in [-0.4, -0.2) is 17.8 Å². The Kier molecular flexibility index (Phi) is 4.47. The number of rotatable bonds is 4. The molecule has 0 amide bonds. The van der Waals surface area contributed by atoms with Gasteiger partial charge in [0.1, 0.15) is 0 Å². The summed E-state index contributed by atoms with van der Waals surface area (Å²) in [6.45, 7) is 0. The van der Waals surface area contributed by atoms with Crippen molar-refractivity contribution in [1.29, 1.82) is 0 Å². The van der Waals surface area contributed by atoms with Crippen molar-refractivity contribution in [3.63, 3.8) is 0 Å². The fraction of sp³-hybridized carbons (Fsp3) is 0.182. The molecule has 0 saturated heterocycles. The molecule has 0 radical (unpaired) electrons. The molecule has 0 aromatic heterocycles. The summed E-state index contributed by atoms with van der Waals surface area (Å²) in [4.78, 5) is 0. The summed E-state index contributed by atoms with van der Waals surface area (Å²) >= 11 is 0. The predicted octanol–water partition coefficient (Wildman–Crippen LogP) is 4.13. The van der Waals surface area contributed by atoms with Crippen LogP contribution in [0.2, 0.25) is 0 Å². The Morgan fingerprint density at radius 2 is 1.08 bits per heavy atom. The van der Waals surface area contributed by atoms with Crippen molar-refractivity contribution < 1.29 is 0 Å². The minimum absolute atomic E-state index is 0.492. The Morgan fingerprint density at radius 1 is 0.667 bits per heavy atom. The second-order valence-electron chi connectivity index (χ2n) is 6.39. The molecule has 3 aromatic carbocycles. The molecule has 0 spiro atoms. The molecule has 0 heterocycles. The van der Waals surface area contributed by atoms with Gasteiger partial charge >= 0.3 is 0 Å². The number of benzene rings is 3. The van der Waals surface area contributed by atoms with Gasteiger partial charge in [-0.15, -0.1) is 0 Å². The van der Waals surface area contributed by atoms with Gasteiger partial charge in [0.15, 0.2) is 0 Å². The molecule has 4 rings (SSSR count). The topological polar surface area (TPSA) is 3.24 Å². The lowest BCUT2D eigenvalue weighted by molar-refractivity contribution is 0.414. The first kappa shape index (κ1) is 15.6. The second-order valence-corrected chi connectivity index (χ2v) is 8.67. The molecule has 24 heavy (non-hydrogen) atoms. The van der Waals surface area contributed by atoms with Crippen molar-refractivity contribution in [2.24, 2.45) is 0 Å². The molecule has 1 aliphatic rings. The number of hydrogen-bond acceptors (Lipinski definition) is 1. The highest BCUT2D eigenvalue weighted by Gasteiger charge is 2.30. The Hall–Kier alpha value is -1.95. The maximum absolute atomic E-state index is 2.62. The molecule has 0 bridgehead atoms. The SMILES string of the molecule is CN(C1Cc2ccccc2C1)P(c1ccccc1)c1ccccc1. The van der Waals surface area contributed by atoms with Gasteiger partial charge in [-0.25, -0.2) is 0 Å². The fourth-order valence-electron chi connectivity index (χ4n) is 3.61. The zero-order valence-electron chi connectivity index (χ0n) is 14.0. The highest BCUT2D eigenvalue weighted by Crippen LogP contribution is 2.41. The highest BCUT2D eigenvalue weighted by atomic mass is 31.1. The highest BCUT2D eigenvalue weighted by molar-refractivity contribution is 7.70. The van der Waals surface area contributed by atoms with Gasteiger partial charge in [-0.2, -0.15) is 0 Å². The van der Waals surface area contributed by atoms with E-state index in [1.54, 1.807) is 0 Å². The van der Waals surface area contributed by atoms with Gasteiger partial charge in [-0.3, -0.25) is 4.67 Å². The molecular formula is C22H22NP. The van der Waals surface area contributed by atoms with E-state index in [-0.39, 0.29) is 0 Å². The van der Waals surface area contributed by atoms with Crippen molar-refractivity contribution in [3.05, 3.63) is 96.1 Å². The van der Waals surface area contributed by atoms with Crippen LogP contribution >= 0.6 is 8.07 Å². The third-order valence-electron chi connectivity index (χ3n) is 4.87. The zero-order chi connectivity index (χ0) is 16.4. The van der Waals surface area contributed by atoms with Gasteiger partial charge < -0.3 is 0 Å². The maximum atomic E-state index is 2.62. The maximum Gasteiger partial charge on any atom is 0.0281 e. The monoisotopic (exact) mass is 331 g/mol. The van der Waals surface area contributed by atoms with Crippen LogP contribution in [-0.2, 0) is 12.8 Å². The zero-order valence-corrected chi connectivity index (χ0v) is 14.9. The molecule has 0 fully saturated rings. The smallest absolute Gasteiger partial charge is 0.0281 e. The minimum Gasteiger partial charge on any atom is -0.274 e. The van der Waals surface area contributed by atoms with Crippen LogP contribution in [0.3, 0.4) is 0 Å². The molecule has 120 valence electrons. The largest absolute Gasteiger partial charge is 0.274 e. The standard InChI is InChI=1S/C22H22NP/c1-23(20-16-18-10-8-9-11-19(18)17-20)24(21-12-4-2-5-13-21)22-14-6-3-7-15-22/h2-15,20H,16-17H2,1H3. The Labute approximate surface area is 145 Å². The summed E-state index contributed by atoms with van der Waals surface area (Å²) in [6, 6.07) is 31.4. The number of fused-ring (bicyclic) bond motifs is 1. The van der Waals surface area contributed by atoms with Crippen LogP contribution in [0.4, 0.5) is 0 Å². The Bertz CT molecular complexity index is 736. The van der Waals surface area contributed by atoms with E-state index in [4.69, 9.17) is 0 Å². The van der Waals surface area contributed by atoms with Crippen LogP contribution in [0.1, 0.15) is 11.1 Å². The van der Waals surface area contributed by atoms with Crippen molar-refractivity contribution >= 4 is 18.7 Å². The number of hydrogen-bond donors (Lipinski definition) is 0. The first-order valence-electron chi connectivity index (χ1n) is 8.52. The van der Waals surface area contributed by atoms with Gasteiger partial charge in [0, 0.05) is 14.1 Å². The van der Waals surface area contributed by atoms with E-state index in [9.17, 15) is 0 Å². The van der Waals surface area contributed by atoms with Gasteiger partial charge in [-0.1, -0.05) is 84.9 Å². The third kappa shape index (κ3) is 3.02. The summed E-state index contributed by atoms with van der Waals surface area (Å²) < 4.78 is 2.62. The van der Waals surface area contributed by atoms with Crippen molar-refractivity contribution in [3.8, 4) is 0 Å². The lowest BCUT2D eigenvalue weighted by atomic mass is 10.1. The molecule has 1 aliphatic carbocycles. The van der Waals surface area contributed by atoms with Crippen molar-refractivity contribution in [2.45, 2.75) is 18.9 Å². The average Bonchev–Trinajstić information content (AvgIpc) is 3.08. The molecule has 0 atom stereocenters. The molecule has 0 unspecified atom stereocenters. The first-order valence-corrected chi connectivity index (χ1v) is 9.82. The van der Waals surface area contributed by atoms with E-state index >= 15 is 0 Å². The van der Waals surface area contributed by atoms with E-state index in [0.717, 1.165) is 12.8 Å². The molecule has 2 heteroatoms. The first-order chi connectivity index (χ1) is 11.8. The summed E-state index contributed by atoms with van der Waals surface area (Å²) in [5.41, 5.74) is 3.04. The normalized spacial score (nSPS) is 14.3. The Balaban J connectivity index is 1.67. The van der Waals surface area contributed by atoms with Crippen LogP contribution < -0.4 is 10.6 Å². The van der Waals surface area contributed by atoms with E-state index < -0.39 is 8.07 Å². The molecule has 0 saturated carbocycles. The molecule has 1 nitrogen and oxygen atoms in total. The molecular weight excluding hydrogens is 309 g/mol. The van der Waals surface area contributed by atoms with E-state index in [1.807, 2.05) is 0 Å². The van der Waals surface area contributed by atoms with Gasteiger partial charge in [0.2, 0.25) is 0 Å². The molecule has 3 aromatic rings. The number of nitrogens with zero attached hydrogens (tertiary/aromatic N) is 1. The third-order valence-corrected chi connectivity index (χ3v) is 7.41. The van der Waals surface area contributed by atoms with Crippen LogP contribution in [0.15, 0.2) is 84.9 Å². The number of likely N-dealkylation sites (N-methyl/N-ethyl adjacent to an activating group) is 1. The van der Waals surface area contributed by atoms with Gasteiger partial charge in [-0.05, 0) is 41.6 Å². The van der Waals surface area contributed by atoms with Gasteiger partial charge in [0.05, 0.1) is 0 Å². The van der Waals surface area contributed by atoms with Crippen molar-refractivity contribution in [1.82, 2.24) is 4.67 Å². The quantitative estimate of drug-likeness (QED) is 0.650. The van der Waals surface area contributed by atoms with Crippen molar-refractivity contribution in [2.75, 3.05) is 7.05 Å². The molecule has 0 aliphatic heterocycles. The summed E-state index contributed by atoms with van der Waals surface area (Å²) in [7, 11) is 1.82. The van der Waals surface area contributed by atoms with E-state index in [1.165, 1.54) is 21.7 Å². The lowest BCUT2D eigenvalue weighted by Crippen LogP contribution is -2.34. The fourth-order valence-corrected chi connectivity index (χ4v) is 6.04. The lowest BCUT2D eigenvalue weighted by Gasteiger charge is -2.33.